The number of unbranched alkanes of at least 4 members (excludes halogenated alkanes) is 4. The van der Waals surface area contributed by atoms with Gasteiger partial charge in [-0.3, -0.25) is 28.8 Å². The minimum absolute atomic E-state index is 0.00738. The number of amides is 7. The van der Waals surface area contributed by atoms with Crippen molar-refractivity contribution < 1.29 is 129 Å². The van der Waals surface area contributed by atoms with Crippen LogP contribution < -0.4 is 60.2 Å². The number of carbonyl (C=O) groups is 9. The number of hydrogen-bond acceptors (Lipinski definition) is 30. The number of aliphatic carboxylic acids is 1. The minimum atomic E-state index is -1.08. The summed E-state index contributed by atoms with van der Waals surface area (Å²) in [5.74, 6) is -2.92. The summed E-state index contributed by atoms with van der Waals surface area (Å²) in [7, 11) is 0. The lowest BCUT2D eigenvalue weighted by atomic mass is 9.98. The summed E-state index contributed by atoms with van der Waals surface area (Å²) in [6.07, 6.45) is 6.46. The molecular weight excluding hydrogens is 1570 g/mol. The van der Waals surface area contributed by atoms with Crippen LogP contribution in [0.25, 0.3) is 11.1 Å². The number of carbonyl (C=O) groups excluding carboxylic acids is 8. The highest BCUT2D eigenvalue weighted by Gasteiger charge is 2.30. The van der Waals surface area contributed by atoms with Crippen LogP contribution in [0.4, 0.5) is 9.59 Å². The number of fused-ring (bicyclic) bond motifs is 3. The van der Waals surface area contributed by atoms with Gasteiger partial charge >= 0.3 is 18.2 Å². The van der Waals surface area contributed by atoms with Gasteiger partial charge in [0.2, 0.25) is 29.5 Å². The quantitative estimate of drug-likeness (QED) is 0.0419. The van der Waals surface area contributed by atoms with Gasteiger partial charge in [-0.2, -0.15) is 0 Å². The van der Waals surface area contributed by atoms with Gasteiger partial charge in [-0.1, -0.05) is 48.5 Å². The summed E-state index contributed by atoms with van der Waals surface area (Å²) in [6, 6.07) is 13.2. The van der Waals surface area contributed by atoms with Crippen LogP contribution >= 0.6 is 0 Å². The molecule has 38 heteroatoms. The molecule has 0 saturated carbocycles. The first-order chi connectivity index (χ1) is 58.7. The molecule has 7 amide bonds. The van der Waals surface area contributed by atoms with Crippen molar-refractivity contribution in [1.29, 1.82) is 0 Å². The number of alkyl carbamates (subject to hydrolysis) is 2. The fraction of sp³-hybridized carbons (Fsp3) is 0.744. The first-order valence-electron chi connectivity index (χ1n) is 42.4. The smallest absolute Gasteiger partial charge is 0.407 e. The fourth-order valence-electron chi connectivity index (χ4n) is 11.7. The number of benzene rings is 2. The number of carboxylic acid groups (broad SMARTS) is 1. The second kappa shape index (κ2) is 75.5. The molecule has 2 aromatic carbocycles. The molecule has 0 spiro atoms. The normalized spacial score (nSPS) is 12.7. The number of hydrogen-bond donors (Lipinski definition) is 12. The summed E-state index contributed by atoms with van der Waals surface area (Å²) >= 11 is 0. The summed E-state index contributed by atoms with van der Waals surface area (Å²) in [5.41, 5.74) is 27.1. The van der Waals surface area contributed by atoms with E-state index in [2.05, 4.69) is 61.5 Å². The maximum Gasteiger partial charge on any atom is 0.407 e. The average molecular weight is 1710 g/mol. The molecule has 2 aromatic rings. The molecule has 0 heterocycles. The van der Waals surface area contributed by atoms with Crippen LogP contribution in [0.3, 0.4) is 0 Å². The monoisotopic (exact) mass is 1710 g/mol. The van der Waals surface area contributed by atoms with E-state index in [-0.39, 0.29) is 181 Å². The van der Waals surface area contributed by atoms with Gasteiger partial charge in [-0.25, -0.2) is 14.4 Å². The van der Waals surface area contributed by atoms with Gasteiger partial charge in [0.25, 0.3) is 0 Å². The van der Waals surface area contributed by atoms with Gasteiger partial charge in [-0.15, -0.1) is 0 Å². The predicted molar refractivity (Wildman–Crippen MR) is 443 cm³/mol. The Morgan fingerprint density at radius 3 is 0.975 bits per heavy atom. The van der Waals surface area contributed by atoms with E-state index in [1.165, 1.54) is 11.1 Å². The summed E-state index contributed by atoms with van der Waals surface area (Å²) < 4.78 is 94.0. The highest BCUT2D eigenvalue weighted by Crippen LogP contribution is 2.44. The van der Waals surface area contributed by atoms with Gasteiger partial charge in [-0.05, 0) is 132 Å². The number of rotatable bonds is 84. The van der Waals surface area contributed by atoms with Crippen molar-refractivity contribution in [3.05, 3.63) is 59.7 Å². The van der Waals surface area contributed by atoms with Crippen molar-refractivity contribution >= 4 is 53.5 Å². The Labute approximate surface area is 706 Å². The number of nitrogens with two attached hydrogens (primary N) is 4. The molecule has 0 aromatic heterocycles. The molecule has 0 bridgehead atoms. The second-order valence-electron chi connectivity index (χ2n) is 27.5. The molecule has 120 heavy (non-hydrogen) atoms. The standard InChI is InChI=1S/C82H141N11O27/c83-26-9-5-18-70(74(94)22-13-33-104-40-47-111-60-61-118-62-63-119-82(103)93-72(20-7-11-28-85)79(99)88-31-38-109-45-52-116-58-55-114-50-43-107-36-25-77(97)92-73(80(100)101)21-8-12-29-86)90-75(95)23-34-105-41-48-112-54-57-115-51-44-108-37-30-87-78(98)71(19-6-10-27-84)91-76(96)24-35-106-42-49-113-56-59-117-53-46-110-39-32-89-81(102)120-64-69-67-16-3-1-14-65(67)66-15-2-4-17-68(66)69/h1-4,14-17,69-73H,5-13,18-64,83-86H2,(H,87,98)(H,88,99)(H,89,102)(H,90,95)(H,91,96)(H,92,97)(H,93,103)(H,100,101). The first-order valence-corrected chi connectivity index (χ1v) is 42.4. The van der Waals surface area contributed by atoms with E-state index in [1.54, 1.807) is 0 Å². The Kier molecular flexibility index (Phi) is 67.2. The SMILES string of the molecule is NCCCCC(NC(=O)CCOCCOCCOCCOCCNC(=O)C(CCCCN)NC(=O)OCCOCCOCCOCCCC(=O)C(CCCCN)NC(=O)CCOCCOCCOCCOCCNC(=O)C(CCCCN)NC(=O)CCOCCOCCOCCOCCNC(=O)OCC1c2ccccc2-c2ccccc21)C(=O)O. The lowest BCUT2D eigenvalue weighted by Gasteiger charge is -2.18. The molecule has 4 atom stereocenters. The average Bonchev–Trinajstić information content (AvgIpc) is 1.62. The maximum absolute atomic E-state index is 13.2. The largest absolute Gasteiger partial charge is 0.480 e. The Hall–Kier alpha value is -7.29. The van der Waals surface area contributed by atoms with Gasteiger partial charge < -0.3 is 146 Å². The molecular formula is C82H141N11O27. The third kappa shape index (κ3) is 56.4. The zero-order valence-electron chi connectivity index (χ0n) is 70.5. The molecule has 3 rings (SSSR count). The topological polar surface area (TPSA) is 519 Å². The van der Waals surface area contributed by atoms with E-state index < -0.39 is 54.1 Å². The van der Waals surface area contributed by atoms with E-state index in [0.717, 1.165) is 11.1 Å². The van der Waals surface area contributed by atoms with Crippen LogP contribution in [0.1, 0.15) is 126 Å². The first kappa shape index (κ1) is 107. The highest BCUT2D eigenvalue weighted by molar-refractivity contribution is 5.89. The zero-order valence-corrected chi connectivity index (χ0v) is 70.5. The minimum Gasteiger partial charge on any atom is -0.480 e. The van der Waals surface area contributed by atoms with Gasteiger partial charge in [0.15, 0.2) is 5.78 Å². The van der Waals surface area contributed by atoms with Crippen molar-refractivity contribution in [1.82, 2.24) is 37.2 Å². The maximum atomic E-state index is 13.2. The molecule has 1 aliphatic rings. The van der Waals surface area contributed by atoms with Gasteiger partial charge in [0, 0.05) is 57.8 Å². The number of ether oxygens (including phenoxy) is 17. The van der Waals surface area contributed by atoms with Crippen LogP contribution in [-0.2, 0) is 114 Å². The van der Waals surface area contributed by atoms with Crippen molar-refractivity contribution in [3.63, 3.8) is 0 Å². The van der Waals surface area contributed by atoms with Crippen molar-refractivity contribution in [2.75, 3.05) is 257 Å². The van der Waals surface area contributed by atoms with Crippen molar-refractivity contribution in [2.45, 2.75) is 139 Å². The lowest BCUT2D eigenvalue weighted by Crippen LogP contribution is -2.47. The van der Waals surface area contributed by atoms with Crippen molar-refractivity contribution in [2.24, 2.45) is 22.9 Å². The second-order valence-corrected chi connectivity index (χ2v) is 27.5. The zero-order chi connectivity index (χ0) is 86.6. The van der Waals surface area contributed by atoms with E-state index >= 15 is 0 Å². The molecule has 0 radical (unpaired) electrons. The number of ketones is 1. The Morgan fingerprint density at radius 1 is 0.300 bits per heavy atom. The highest BCUT2D eigenvalue weighted by atomic mass is 16.6. The summed E-state index contributed by atoms with van der Waals surface area (Å²) in [5, 5.41) is 28.4. The predicted octanol–water partition coefficient (Wildman–Crippen LogP) is 1.68. The fourth-order valence-corrected chi connectivity index (χ4v) is 11.7. The Bertz CT molecular complexity index is 2950. The van der Waals surface area contributed by atoms with E-state index in [9.17, 15) is 48.3 Å². The van der Waals surface area contributed by atoms with Crippen LogP contribution in [-0.4, -0.2) is 340 Å². The van der Waals surface area contributed by atoms with E-state index in [1.807, 2.05) is 24.3 Å². The van der Waals surface area contributed by atoms with Gasteiger partial charge in [0.1, 0.15) is 31.3 Å². The van der Waals surface area contributed by atoms with Gasteiger partial charge in [0.05, 0.1) is 198 Å². The third-order valence-corrected chi connectivity index (χ3v) is 18.0. The Balaban J connectivity index is 1.08. The van der Waals surface area contributed by atoms with E-state index in [0.29, 0.717) is 215 Å². The summed E-state index contributed by atoms with van der Waals surface area (Å²) in [4.78, 5) is 113. The number of Topliss-reactive ketones (excluding diaryl/α,β-unsaturated/α-hetero) is 1. The van der Waals surface area contributed by atoms with Crippen LogP contribution in [0.15, 0.2) is 48.5 Å². The molecule has 686 valence electrons. The molecule has 0 fully saturated rings. The molecule has 4 unspecified atom stereocenters. The molecule has 0 aliphatic heterocycles. The van der Waals surface area contributed by atoms with Crippen LogP contribution in [0.2, 0.25) is 0 Å². The number of carboxylic acids is 1. The molecule has 1 aliphatic carbocycles. The molecule has 38 nitrogen and oxygen atoms in total. The molecule has 0 saturated heterocycles. The Morgan fingerprint density at radius 2 is 0.600 bits per heavy atom. The van der Waals surface area contributed by atoms with Crippen LogP contribution in [0, 0.1) is 0 Å². The number of nitrogens with one attached hydrogen (secondary N) is 7. The summed E-state index contributed by atoms with van der Waals surface area (Å²) in [6.45, 7) is 11.0. The third-order valence-electron chi connectivity index (χ3n) is 18.0. The van der Waals surface area contributed by atoms with Crippen molar-refractivity contribution in [3.8, 4) is 11.1 Å². The molecule has 16 N–H and O–H groups in total. The lowest BCUT2D eigenvalue weighted by molar-refractivity contribution is -0.142. The van der Waals surface area contributed by atoms with Crippen LogP contribution in [0.5, 0.6) is 0 Å². The van der Waals surface area contributed by atoms with E-state index in [4.69, 9.17) is 103 Å².